The van der Waals surface area contributed by atoms with Gasteiger partial charge in [-0.3, -0.25) is 4.79 Å². The van der Waals surface area contributed by atoms with Crippen LogP contribution in [-0.2, 0) is 10.4 Å². The van der Waals surface area contributed by atoms with Gasteiger partial charge in [-0.05, 0) is 24.6 Å². The molecule has 2 N–H and O–H groups in total. The van der Waals surface area contributed by atoms with Crippen LogP contribution in [0.15, 0.2) is 65.6 Å². The monoisotopic (exact) mass is 315 g/mol. The first-order chi connectivity index (χ1) is 10.6. The van der Waals surface area contributed by atoms with Gasteiger partial charge < -0.3 is 10.4 Å². The molecule has 2 rings (SSSR count). The summed E-state index contributed by atoms with van der Waals surface area (Å²) in [5.74, 6) is 0.684. The highest BCUT2D eigenvalue weighted by atomic mass is 32.2. The van der Waals surface area contributed by atoms with Crippen LogP contribution in [0, 0.1) is 0 Å². The molecule has 1 amide bonds. The molecule has 22 heavy (non-hydrogen) atoms. The van der Waals surface area contributed by atoms with Crippen molar-refractivity contribution in [1.82, 2.24) is 5.32 Å². The maximum atomic E-state index is 11.9. The van der Waals surface area contributed by atoms with Crippen LogP contribution < -0.4 is 5.32 Å². The summed E-state index contributed by atoms with van der Waals surface area (Å²) in [6, 6.07) is 19.4. The zero-order valence-electron chi connectivity index (χ0n) is 12.7. The second-order valence-corrected chi connectivity index (χ2v) is 6.50. The molecule has 0 aromatic heterocycles. The fourth-order valence-electron chi connectivity index (χ4n) is 2.04. The van der Waals surface area contributed by atoms with Crippen LogP contribution in [0.25, 0.3) is 0 Å². The highest BCUT2D eigenvalue weighted by molar-refractivity contribution is 7.99. The first kappa shape index (κ1) is 16.6. The van der Waals surface area contributed by atoms with Crippen LogP contribution in [0.5, 0.6) is 0 Å². The predicted octanol–water partition coefficient (Wildman–Crippen LogP) is 3.19. The number of carbonyl (C=O) groups excluding carboxylic acids is 1. The molecule has 1 atom stereocenters. The molecule has 0 aliphatic rings. The van der Waals surface area contributed by atoms with Gasteiger partial charge >= 0.3 is 0 Å². The van der Waals surface area contributed by atoms with E-state index in [1.165, 1.54) is 0 Å². The Balaban J connectivity index is 1.73. The van der Waals surface area contributed by atoms with Gasteiger partial charge in [-0.1, -0.05) is 48.5 Å². The fourth-order valence-corrected chi connectivity index (χ4v) is 2.91. The van der Waals surface area contributed by atoms with Gasteiger partial charge in [0.2, 0.25) is 5.91 Å². The van der Waals surface area contributed by atoms with Crippen LogP contribution in [0.4, 0.5) is 0 Å². The first-order valence-electron chi connectivity index (χ1n) is 7.30. The average Bonchev–Trinajstić information content (AvgIpc) is 2.55. The minimum Gasteiger partial charge on any atom is -0.384 e. The van der Waals surface area contributed by atoms with E-state index in [2.05, 4.69) is 5.32 Å². The molecular weight excluding hydrogens is 294 g/mol. The molecule has 0 saturated carbocycles. The SMILES string of the molecule is CC(O)(CNC(=O)CCSc1ccccc1)c1ccccc1. The molecule has 2 aromatic carbocycles. The number of rotatable bonds is 7. The number of nitrogens with one attached hydrogen (secondary N) is 1. The molecule has 0 heterocycles. The van der Waals surface area contributed by atoms with Crippen molar-refractivity contribution in [3.63, 3.8) is 0 Å². The Morgan fingerprint density at radius 2 is 1.68 bits per heavy atom. The van der Waals surface area contributed by atoms with Gasteiger partial charge in [0, 0.05) is 17.1 Å². The van der Waals surface area contributed by atoms with E-state index >= 15 is 0 Å². The van der Waals surface area contributed by atoms with Gasteiger partial charge in [0.15, 0.2) is 0 Å². The van der Waals surface area contributed by atoms with E-state index in [0.29, 0.717) is 6.42 Å². The summed E-state index contributed by atoms with van der Waals surface area (Å²) in [5.41, 5.74) is -0.252. The van der Waals surface area contributed by atoms with Gasteiger partial charge in [0.05, 0.1) is 6.54 Å². The fraction of sp³-hybridized carbons (Fsp3) is 0.278. The summed E-state index contributed by atoms with van der Waals surface area (Å²) in [6.45, 7) is 1.92. The Bertz CT molecular complexity index is 585. The third kappa shape index (κ3) is 5.20. The summed E-state index contributed by atoms with van der Waals surface area (Å²) in [5, 5.41) is 13.2. The zero-order valence-corrected chi connectivity index (χ0v) is 13.5. The summed E-state index contributed by atoms with van der Waals surface area (Å²) < 4.78 is 0. The van der Waals surface area contributed by atoms with Crippen molar-refractivity contribution in [2.75, 3.05) is 12.3 Å². The van der Waals surface area contributed by atoms with Crippen molar-refractivity contribution >= 4 is 17.7 Å². The first-order valence-corrected chi connectivity index (χ1v) is 8.29. The van der Waals surface area contributed by atoms with Gasteiger partial charge in [-0.15, -0.1) is 11.8 Å². The molecular formula is C18H21NO2S. The Morgan fingerprint density at radius 1 is 1.09 bits per heavy atom. The molecule has 0 bridgehead atoms. The number of carbonyl (C=O) groups is 1. The number of amides is 1. The van der Waals surface area contributed by atoms with Crippen molar-refractivity contribution in [3.05, 3.63) is 66.2 Å². The molecule has 0 fully saturated rings. The molecule has 3 nitrogen and oxygen atoms in total. The quantitative estimate of drug-likeness (QED) is 0.772. The summed E-state index contributed by atoms with van der Waals surface area (Å²) in [4.78, 5) is 13.0. The van der Waals surface area contributed by atoms with Gasteiger partial charge in [0.1, 0.15) is 5.60 Å². The lowest BCUT2D eigenvalue weighted by molar-refractivity contribution is -0.121. The maximum Gasteiger partial charge on any atom is 0.220 e. The number of hydrogen-bond donors (Lipinski definition) is 2. The lowest BCUT2D eigenvalue weighted by Crippen LogP contribution is -2.38. The van der Waals surface area contributed by atoms with Gasteiger partial charge in [-0.2, -0.15) is 0 Å². The van der Waals surface area contributed by atoms with E-state index in [0.717, 1.165) is 16.2 Å². The van der Waals surface area contributed by atoms with Crippen LogP contribution in [-0.4, -0.2) is 23.3 Å². The Labute approximate surface area is 135 Å². The van der Waals surface area contributed by atoms with Crippen LogP contribution in [0.3, 0.4) is 0 Å². The van der Waals surface area contributed by atoms with E-state index in [9.17, 15) is 9.90 Å². The van der Waals surface area contributed by atoms with Gasteiger partial charge in [0.25, 0.3) is 0 Å². The predicted molar refractivity (Wildman–Crippen MR) is 90.8 cm³/mol. The summed E-state index contributed by atoms with van der Waals surface area (Å²) in [6.07, 6.45) is 0.435. The van der Waals surface area contributed by atoms with Crippen molar-refractivity contribution in [1.29, 1.82) is 0 Å². The number of thioether (sulfide) groups is 1. The van der Waals surface area contributed by atoms with Crippen molar-refractivity contribution in [2.24, 2.45) is 0 Å². The minimum absolute atomic E-state index is 0.0420. The van der Waals surface area contributed by atoms with Crippen LogP contribution in [0.2, 0.25) is 0 Å². The summed E-state index contributed by atoms with van der Waals surface area (Å²) in [7, 11) is 0. The van der Waals surface area contributed by atoms with E-state index in [1.807, 2.05) is 60.7 Å². The minimum atomic E-state index is -1.05. The summed E-state index contributed by atoms with van der Waals surface area (Å²) >= 11 is 1.66. The highest BCUT2D eigenvalue weighted by Crippen LogP contribution is 2.20. The smallest absolute Gasteiger partial charge is 0.220 e. The Morgan fingerprint density at radius 3 is 2.32 bits per heavy atom. The second-order valence-electron chi connectivity index (χ2n) is 5.33. The molecule has 0 saturated heterocycles. The topological polar surface area (TPSA) is 49.3 Å². The van der Waals surface area contributed by atoms with E-state index < -0.39 is 5.60 Å². The largest absolute Gasteiger partial charge is 0.384 e. The maximum absolute atomic E-state index is 11.9. The van der Waals surface area contributed by atoms with Crippen molar-refractivity contribution in [3.8, 4) is 0 Å². The Hall–Kier alpha value is -1.78. The Kier molecular flexibility index (Phi) is 6.04. The number of aliphatic hydroxyl groups is 1. The molecule has 0 radical (unpaired) electrons. The number of benzene rings is 2. The second kappa shape index (κ2) is 8.01. The lowest BCUT2D eigenvalue weighted by Gasteiger charge is -2.24. The molecule has 0 aliphatic heterocycles. The standard InChI is InChI=1S/C18H21NO2S/c1-18(21,15-8-4-2-5-9-15)14-19-17(20)12-13-22-16-10-6-3-7-11-16/h2-11,21H,12-14H2,1H3,(H,19,20). The number of hydrogen-bond acceptors (Lipinski definition) is 3. The molecule has 0 spiro atoms. The van der Waals surface area contributed by atoms with E-state index in [4.69, 9.17) is 0 Å². The molecule has 1 unspecified atom stereocenters. The van der Waals surface area contributed by atoms with E-state index in [1.54, 1.807) is 18.7 Å². The average molecular weight is 315 g/mol. The third-order valence-electron chi connectivity index (χ3n) is 3.37. The molecule has 4 heteroatoms. The van der Waals surface area contributed by atoms with Crippen molar-refractivity contribution < 1.29 is 9.90 Å². The van der Waals surface area contributed by atoms with Crippen LogP contribution in [0.1, 0.15) is 18.9 Å². The molecule has 2 aromatic rings. The van der Waals surface area contributed by atoms with Crippen molar-refractivity contribution in [2.45, 2.75) is 23.8 Å². The van der Waals surface area contributed by atoms with E-state index in [-0.39, 0.29) is 12.5 Å². The van der Waals surface area contributed by atoms with Crippen LogP contribution >= 0.6 is 11.8 Å². The normalized spacial score (nSPS) is 13.4. The zero-order chi connectivity index (χ0) is 15.8. The lowest BCUT2D eigenvalue weighted by atomic mass is 9.96. The highest BCUT2D eigenvalue weighted by Gasteiger charge is 2.23. The molecule has 116 valence electrons. The third-order valence-corrected chi connectivity index (χ3v) is 4.38. The van der Waals surface area contributed by atoms with Gasteiger partial charge in [-0.25, -0.2) is 0 Å². The molecule has 0 aliphatic carbocycles.